The van der Waals surface area contributed by atoms with Gasteiger partial charge in [0.1, 0.15) is 0 Å². The Hall–Kier alpha value is -1.67. The first kappa shape index (κ1) is 31.3. The Kier molecular flexibility index (Phi) is 11.5. The van der Waals surface area contributed by atoms with Gasteiger partial charge in [-0.2, -0.15) is 0 Å². The molecular weight excluding hydrogens is 473 g/mol. The van der Waals surface area contributed by atoms with E-state index in [1.54, 1.807) is 0 Å². The fourth-order valence-electron chi connectivity index (χ4n) is 4.08. The topological polar surface area (TPSA) is 93.2 Å². The van der Waals surface area contributed by atoms with Crippen molar-refractivity contribution < 1.29 is 27.4 Å². The van der Waals surface area contributed by atoms with E-state index in [0.717, 1.165) is 24.9 Å². The summed E-state index contributed by atoms with van der Waals surface area (Å²) in [6, 6.07) is 1.66. The molecule has 0 aliphatic carbocycles. The zero-order valence-corrected chi connectivity index (χ0v) is 22.4. The van der Waals surface area contributed by atoms with Crippen molar-refractivity contribution >= 4 is 48.8 Å². The zero-order valence-electron chi connectivity index (χ0n) is 19.4. The van der Waals surface area contributed by atoms with Gasteiger partial charge in [0, 0.05) is 37.4 Å². The van der Waals surface area contributed by atoms with Crippen molar-refractivity contribution in [3.8, 4) is 0 Å². The first-order valence-electron chi connectivity index (χ1n) is 10.7. The van der Waals surface area contributed by atoms with E-state index < -0.39 is 25.2 Å². The maximum Gasteiger partial charge on any atom is 0.311 e. The minimum absolute atomic E-state index is 0. The molecule has 2 heterocycles. The molecule has 0 saturated carbocycles. The van der Waals surface area contributed by atoms with E-state index in [1.165, 1.54) is 34.1 Å². The van der Waals surface area contributed by atoms with Gasteiger partial charge in [-0.1, -0.05) is 14.9 Å². The lowest BCUT2D eigenvalue weighted by Crippen LogP contribution is -2.52. The van der Waals surface area contributed by atoms with E-state index in [9.17, 15) is 19.2 Å². The largest absolute Gasteiger partial charge is 0.437 e. The van der Waals surface area contributed by atoms with Crippen LogP contribution in [0.25, 0.3) is 0 Å². The van der Waals surface area contributed by atoms with Crippen molar-refractivity contribution in [2.24, 2.45) is 0 Å². The number of rotatable bonds is 12. The lowest BCUT2D eigenvalue weighted by Gasteiger charge is -2.39. The summed E-state index contributed by atoms with van der Waals surface area (Å²) in [6.07, 6.45) is 6.67. The van der Waals surface area contributed by atoms with Crippen LogP contribution in [0.15, 0.2) is 24.3 Å². The maximum absolute atomic E-state index is 11.7. The van der Waals surface area contributed by atoms with Crippen LogP contribution in [0.1, 0.15) is 27.7 Å². The quantitative estimate of drug-likeness (QED) is 0.288. The molecule has 0 saturated heterocycles. The number of carbonyl (C=O) groups is 4. The van der Waals surface area contributed by atoms with Crippen LogP contribution in [0, 0.1) is 0 Å². The molecule has 2 aliphatic rings. The zero-order chi connectivity index (χ0) is 23.4. The van der Waals surface area contributed by atoms with E-state index in [-0.39, 0.29) is 38.5 Å². The molecule has 0 radical (unpaired) electrons. The van der Waals surface area contributed by atoms with Gasteiger partial charge in [0.25, 0.3) is 23.6 Å². The molecule has 0 spiro atoms. The summed E-state index contributed by atoms with van der Waals surface area (Å²) < 4.78 is 13.1. The van der Waals surface area contributed by atoms with Gasteiger partial charge in [0.05, 0.1) is 0 Å². The molecule has 0 aromatic carbocycles. The molecule has 33 heavy (non-hydrogen) atoms. The van der Waals surface area contributed by atoms with Crippen LogP contribution in [-0.2, 0) is 27.4 Å². The molecule has 0 fully saturated rings. The van der Waals surface area contributed by atoms with Crippen molar-refractivity contribution in [1.82, 2.24) is 9.80 Å². The normalized spacial score (nSPS) is 16.5. The van der Waals surface area contributed by atoms with Gasteiger partial charge >= 0.3 is 8.56 Å². The van der Waals surface area contributed by atoms with Crippen molar-refractivity contribution in [3.63, 3.8) is 0 Å². The maximum atomic E-state index is 11.7. The van der Waals surface area contributed by atoms with Gasteiger partial charge in [-0.05, 0) is 64.2 Å². The first-order chi connectivity index (χ1) is 14.2. The second-order valence-corrected chi connectivity index (χ2v) is 22.1. The van der Waals surface area contributed by atoms with Gasteiger partial charge in [-0.15, -0.1) is 0 Å². The van der Waals surface area contributed by atoms with Gasteiger partial charge in [-0.3, -0.25) is 29.0 Å². The lowest BCUT2D eigenvalue weighted by molar-refractivity contribution is -0.138. The highest BCUT2D eigenvalue weighted by molar-refractivity contribution is 6.87. The summed E-state index contributed by atoms with van der Waals surface area (Å²) >= 11 is 0. The monoisotopic (exact) mass is 514 g/mol. The number of nitrogens with zero attached hydrogens (tertiary/aromatic N) is 2. The molecule has 0 aromatic heterocycles. The number of imide groups is 2. The molecule has 4 amide bonds. The van der Waals surface area contributed by atoms with Crippen molar-refractivity contribution in [3.05, 3.63) is 24.3 Å². The van der Waals surface area contributed by atoms with Gasteiger partial charge in [0.2, 0.25) is 0 Å². The summed E-state index contributed by atoms with van der Waals surface area (Å²) in [5.41, 5.74) is 0. The van der Waals surface area contributed by atoms with E-state index in [1.807, 2.05) is 0 Å². The molecule has 8 nitrogen and oxygen atoms in total. The predicted molar refractivity (Wildman–Crippen MR) is 139 cm³/mol. The average Bonchev–Trinajstić information content (AvgIpc) is 3.09. The standard InChI is InChI=1S/C20H34N2O6Si3.2CH4/c1-29(2,15-7-13-21-17(23)9-10-18(21)24)27-31(5,6)28-30(3,4)16-8-14-22-19(25)11-12-20(22)26;;/h9-12H,7-8,13-16H2,1-6H3;2*1H4. The summed E-state index contributed by atoms with van der Waals surface area (Å²) in [7, 11) is -6.47. The minimum Gasteiger partial charge on any atom is -0.437 e. The molecule has 2 rings (SSSR count). The van der Waals surface area contributed by atoms with E-state index >= 15 is 0 Å². The first-order valence-corrected chi connectivity index (χ1v) is 19.7. The van der Waals surface area contributed by atoms with E-state index in [2.05, 4.69) is 39.3 Å². The predicted octanol–water partition coefficient (Wildman–Crippen LogP) is 4.03. The highest BCUT2D eigenvalue weighted by Gasteiger charge is 2.39. The summed E-state index contributed by atoms with van der Waals surface area (Å²) in [5, 5.41) is 0. The average molecular weight is 515 g/mol. The van der Waals surface area contributed by atoms with Crippen LogP contribution in [-0.4, -0.2) is 71.7 Å². The third-order valence-electron chi connectivity index (χ3n) is 5.17. The highest BCUT2D eigenvalue weighted by atomic mass is 28.5. The molecule has 188 valence electrons. The second kappa shape index (κ2) is 12.2. The fraction of sp³-hybridized carbons (Fsp3) is 0.636. The Morgan fingerprint density at radius 1 is 0.606 bits per heavy atom. The number of carbonyl (C=O) groups excluding carboxylic acids is 4. The summed E-state index contributed by atoms with van der Waals surface area (Å²) in [4.78, 5) is 49.3. The van der Waals surface area contributed by atoms with Crippen molar-refractivity contribution in [2.45, 2.75) is 79.1 Å². The molecule has 0 unspecified atom stereocenters. The third kappa shape index (κ3) is 9.61. The smallest absolute Gasteiger partial charge is 0.311 e. The Labute approximate surface area is 202 Å². The van der Waals surface area contributed by atoms with Crippen LogP contribution in [0.5, 0.6) is 0 Å². The molecule has 11 heteroatoms. The second-order valence-electron chi connectivity index (χ2n) is 9.65. The van der Waals surface area contributed by atoms with Gasteiger partial charge < -0.3 is 8.23 Å². The fourth-order valence-corrected chi connectivity index (χ4v) is 18.1. The number of hydrogen-bond acceptors (Lipinski definition) is 6. The van der Waals surface area contributed by atoms with E-state index in [0.29, 0.717) is 13.1 Å². The van der Waals surface area contributed by atoms with Crippen LogP contribution in [0.3, 0.4) is 0 Å². The molecule has 0 bridgehead atoms. The van der Waals surface area contributed by atoms with Crippen LogP contribution >= 0.6 is 0 Å². The van der Waals surface area contributed by atoms with Crippen LogP contribution in [0.2, 0.25) is 51.4 Å². The Balaban J connectivity index is 0.00000512. The molecule has 0 aromatic rings. The summed E-state index contributed by atoms with van der Waals surface area (Å²) in [5.74, 6) is -0.984. The van der Waals surface area contributed by atoms with Crippen LogP contribution in [0.4, 0.5) is 0 Å². The SMILES string of the molecule is C.C.C[Si](C)(CCCN1C(=O)C=CC1=O)O[Si](C)(C)O[Si](C)(C)CCCN1C(=O)C=CC1=O. The minimum atomic E-state index is -2.39. The Bertz CT molecular complexity index is 708. The van der Waals surface area contributed by atoms with Gasteiger partial charge in [0.15, 0.2) is 16.6 Å². The Morgan fingerprint density at radius 3 is 1.15 bits per heavy atom. The summed E-state index contributed by atoms with van der Waals surface area (Å²) in [6.45, 7) is 13.5. The number of amides is 4. The molecule has 0 N–H and O–H groups in total. The Morgan fingerprint density at radius 2 is 0.879 bits per heavy atom. The number of hydrogen-bond donors (Lipinski definition) is 0. The molecular formula is C22H42N2O6Si3. The molecule has 0 atom stereocenters. The lowest BCUT2D eigenvalue weighted by atomic mass is 10.4. The molecule has 2 aliphatic heterocycles. The van der Waals surface area contributed by atoms with Crippen LogP contribution < -0.4 is 0 Å². The van der Waals surface area contributed by atoms with Crippen molar-refractivity contribution in [1.29, 1.82) is 0 Å². The van der Waals surface area contributed by atoms with Gasteiger partial charge in [-0.25, -0.2) is 0 Å². The van der Waals surface area contributed by atoms with E-state index in [4.69, 9.17) is 8.23 Å². The highest BCUT2D eigenvalue weighted by Crippen LogP contribution is 2.26. The van der Waals surface area contributed by atoms with Crippen molar-refractivity contribution in [2.75, 3.05) is 13.1 Å². The third-order valence-corrected chi connectivity index (χ3v) is 16.6.